The molecule has 0 amide bonds. The number of carboxylic acid groups (broad SMARTS) is 1. The molecule has 0 aliphatic rings. The average Bonchev–Trinajstić information content (AvgIpc) is 2.15. The van der Waals surface area contributed by atoms with Crippen molar-refractivity contribution in [2.75, 3.05) is 6.61 Å². The first kappa shape index (κ1) is 10.2. The Labute approximate surface area is 81.8 Å². The van der Waals surface area contributed by atoms with Crippen molar-refractivity contribution < 1.29 is 14.7 Å². The number of hydrogen-bond acceptors (Lipinski definition) is 3. The largest absolute Gasteiger partial charge is 0.479 e. The monoisotopic (exact) mass is 193 g/mol. The molecule has 0 saturated heterocycles. The number of rotatable bonds is 4. The maximum atomic E-state index is 10.1. The van der Waals surface area contributed by atoms with Gasteiger partial charge in [0, 0.05) is 0 Å². The maximum Gasteiger partial charge on any atom is 0.344 e. The third-order valence-corrected chi connectivity index (χ3v) is 1.54. The van der Waals surface area contributed by atoms with E-state index >= 15 is 0 Å². The summed E-state index contributed by atoms with van der Waals surface area (Å²) in [6.07, 6.45) is 1.47. The van der Waals surface area contributed by atoms with Gasteiger partial charge in [-0.3, -0.25) is 0 Å². The molecular formula is C10H11NO3. The van der Waals surface area contributed by atoms with E-state index < -0.39 is 12.6 Å². The molecule has 0 aliphatic heterocycles. The van der Waals surface area contributed by atoms with E-state index in [1.54, 1.807) is 0 Å². The van der Waals surface area contributed by atoms with Crippen LogP contribution in [-0.2, 0) is 9.63 Å². The van der Waals surface area contributed by atoms with Gasteiger partial charge in [-0.05, 0) is 12.5 Å². The van der Waals surface area contributed by atoms with Crippen molar-refractivity contribution in [2.24, 2.45) is 5.16 Å². The molecule has 0 aliphatic carbocycles. The Bertz CT molecular complexity index is 330. The summed E-state index contributed by atoms with van der Waals surface area (Å²) in [7, 11) is 0. The van der Waals surface area contributed by atoms with E-state index in [9.17, 15) is 4.79 Å². The smallest absolute Gasteiger partial charge is 0.344 e. The summed E-state index contributed by atoms with van der Waals surface area (Å²) in [5, 5.41) is 11.8. The lowest BCUT2D eigenvalue weighted by atomic mass is 10.2. The summed E-state index contributed by atoms with van der Waals surface area (Å²) in [4.78, 5) is 14.6. The third kappa shape index (κ3) is 3.71. The van der Waals surface area contributed by atoms with Crippen LogP contribution in [-0.4, -0.2) is 23.9 Å². The molecule has 1 rings (SSSR count). The molecule has 0 spiro atoms. The first-order chi connectivity index (χ1) is 6.68. The standard InChI is InChI=1S/C10H11NO3/c1-8-2-4-9(5-3-8)6-11-14-7-10(12)13/h2-6H,7H2,1H3,(H,12,13)/b11-6-. The van der Waals surface area contributed by atoms with E-state index in [-0.39, 0.29) is 0 Å². The third-order valence-electron chi connectivity index (χ3n) is 1.54. The van der Waals surface area contributed by atoms with Crippen LogP contribution in [0.2, 0.25) is 0 Å². The molecule has 4 heteroatoms. The maximum absolute atomic E-state index is 10.1. The van der Waals surface area contributed by atoms with Crippen molar-refractivity contribution in [1.29, 1.82) is 0 Å². The van der Waals surface area contributed by atoms with Crippen LogP contribution < -0.4 is 0 Å². The summed E-state index contributed by atoms with van der Waals surface area (Å²) < 4.78 is 0. The second-order valence-corrected chi connectivity index (χ2v) is 2.81. The van der Waals surface area contributed by atoms with Crippen LogP contribution in [0, 0.1) is 6.92 Å². The Hall–Kier alpha value is -1.84. The molecule has 0 atom stereocenters. The number of oxime groups is 1. The Morgan fingerprint density at radius 2 is 2.14 bits per heavy atom. The topological polar surface area (TPSA) is 58.9 Å². The second-order valence-electron chi connectivity index (χ2n) is 2.81. The lowest BCUT2D eigenvalue weighted by molar-refractivity contribution is -0.142. The summed E-state index contributed by atoms with van der Waals surface area (Å²) in [6, 6.07) is 7.64. The van der Waals surface area contributed by atoms with Crippen LogP contribution in [0.15, 0.2) is 29.4 Å². The van der Waals surface area contributed by atoms with E-state index in [0.717, 1.165) is 11.1 Å². The number of benzene rings is 1. The molecule has 1 aromatic rings. The number of carbonyl (C=O) groups is 1. The zero-order valence-corrected chi connectivity index (χ0v) is 7.80. The molecule has 4 nitrogen and oxygen atoms in total. The van der Waals surface area contributed by atoms with Gasteiger partial charge in [-0.15, -0.1) is 0 Å². The first-order valence-electron chi connectivity index (χ1n) is 4.12. The van der Waals surface area contributed by atoms with Gasteiger partial charge in [0.05, 0.1) is 6.21 Å². The summed E-state index contributed by atoms with van der Waals surface area (Å²) in [5.74, 6) is -1.04. The van der Waals surface area contributed by atoms with Crippen molar-refractivity contribution in [3.05, 3.63) is 35.4 Å². The number of aryl methyl sites for hydroxylation is 1. The van der Waals surface area contributed by atoms with Crippen molar-refractivity contribution in [2.45, 2.75) is 6.92 Å². The van der Waals surface area contributed by atoms with Gasteiger partial charge in [0.2, 0.25) is 6.61 Å². The minimum absolute atomic E-state index is 0.414. The van der Waals surface area contributed by atoms with Gasteiger partial charge >= 0.3 is 5.97 Å². The molecule has 0 saturated carbocycles. The molecule has 1 aromatic carbocycles. The van der Waals surface area contributed by atoms with Gasteiger partial charge in [0.15, 0.2) is 0 Å². The molecule has 0 fully saturated rings. The zero-order valence-electron chi connectivity index (χ0n) is 7.80. The minimum atomic E-state index is -1.04. The molecule has 1 N–H and O–H groups in total. The van der Waals surface area contributed by atoms with E-state index in [0.29, 0.717) is 0 Å². The molecular weight excluding hydrogens is 182 g/mol. The molecule has 0 aromatic heterocycles. The molecule has 0 radical (unpaired) electrons. The van der Waals surface area contributed by atoms with Crippen LogP contribution >= 0.6 is 0 Å². The fraction of sp³-hybridized carbons (Fsp3) is 0.200. The Morgan fingerprint density at radius 3 is 2.71 bits per heavy atom. The molecule has 0 unspecified atom stereocenters. The normalized spacial score (nSPS) is 10.4. The summed E-state index contributed by atoms with van der Waals surface area (Å²) in [5.41, 5.74) is 2.04. The van der Waals surface area contributed by atoms with E-state index in [2.05, 4.69) is 9.99 Å². The van der Waals surface area contributed by atoms with E-state index in [1.807, 2.05) is 31.2 Å². The Balaban J connectivity index is 2.44. The van der Waals surface area contributed by atoms with Crippen LogP contribution in [0.5, 0.6) is 0 Å². The highest BCUT2D eigenvalue weighted by molar-refractivity contribution is 5.79. The van der Waals surface area contributed by atoms with Crippen LogP contribution in [0.3, 0.4) is 0 Å². The first-order valence-corrected chi connectivity index (χ1v) is 4.12. The highest BCUT2D eigenvalue weighted by Crippen LogP contribution is 2.00. The molecule has 14 heavy (non-hydrogen) atoms. The van der Waals surface area contributed by atoms with Crippen molar-refractivity contribution in [3.63, 3.8) is 0 Å². The SMILES string of the molecule is Cc1ccc(/C=N\OCC(=O)O)cc1. The highest BCUT2D eigenvalue weighted by Gasteiger charge is 1.93. The van der Waals surface area contributed by atoms with Crippen LogP contribution in [0.4, 0.5) is 0 Å². The van der Waals surface area contributed by atoms with Gasteiger partial charge in [-0.25, -0.2) is 4.79 Å². The Kier molecular flexibility index (Phi) is 3.67. The molecule has 0 bridgehead atoms. The lowest BCUT2D eigenvalue weighted by Gasteiger charge is -1.94. The average molecular weight is 193 g/mol. The van der Waals surface area contributed by atoms with Gasteiger partial charge in [-0.1, -0.05) is 35.0 Å². The highest BCUT2D eigenvalue weighted by atomic mass is 16.6. The lowest BCUT2D eigenvalue weighted by Crippen LogP contribution is -2.03. The van der Waals surface area contributed by atoms with Gasteiger partial charge in [0.25, 0.3) is 0 Å². The predicted octanol–water partition coefficient (Wildman–Crippen LogP) is 1.43. The number of carboxylic acids is 1. The van der Waals surface area contributed by atoms with E-state index in [4.69, 9.17) is 5.11 Å². The van der Waals surface area contributed by atoms with Crippen molar-refractivity contribution >= 4 is 12.2 Å². The fourth-order valence-electron chi connectivity index (χ4n) is 0.843. The van der Waals surface area contributed by atoms with Crippen LogP contribution in [0.1, 0.15) is 11.1 Å². The van der Waals surface area contributed by atoms with Crippen LogP contribution in [0.25, 0.3) is 0 Å². The zero-order chi connectivity index (χ0) is 10.4. The van der Waals surface area contributed by atoms with Gasteiger partial charge in [0.1, 0.15) is 0 Å². The summed E-state index contributed by atoms with van der Waals surface area (Å²) in [6.45, 7) is 1.57. The second kappa shape index (κ2) is 5.01. The molecule has 0 heterocycles. The van der Waals surface area contributed by atoms with Crippen molar-refractivity contribution in [1.82, 2.24) is 0 Å². The number of nitrogens with zero attached hydrogens (tertiary/aromatic N) is 1. The van der Waals surface area contributed by atoms with Gasteiger partial charge in [-0.2, -0.15) is 0 Å². The fourth-order valence-corrected chi connectivity index (χ4v) is 0.843. The number of hydrogen-bond donors (Lipinski definition) is 1. The van der Waals surface area contributed by atoms with E-state index in [1.165, 1.54) is 6.21 Å². The Morgan fingerprint density at radius 1 is 1.50 bits per heavy atom. The molecule has 74 valence electrons. The quantitative estimate of drug-likeness (QED) is 0.581. The minimum Gasteiger partial charge on any atom is -0.479 e. The van der Waals surface area contributed by atoms with Gasteiger partial charge < -0.3 is 9.94 Å². The number of aliphatic carboxylic acids is 1. The van der Waals surface area contributed by atoms with Crippen molar-refractivity contribution in [3.8, 4) is 0 Å². The summed E-state index contributed by atoms with van der Waals surface area (Å²) >= 11 is 0. The predicted molar refractivity (Wildman–Crippen MR) is 52.4 cm³/mol.